The average molecular weight is 360 g/mol. The Bertz CT molecular complexity index is 1120. The molecule has 0 radical (unpaired) electrons. The summed E-state index contributed by atoms with van der Waals surface area (Å²) in [6, 6.07) is 18.8. The van der Waals surface area contributed by atoms with Gasteiger partial charge in [-0.25, -0.2) is 9.37 Å². The molecule has 0 aliphatic heterocycles. The lowest BCUT2D eigenvalue weighted by molar-refractivity contribution is 0.102. The second-order valence-electron chi connectivity index (χ2n) is 6.26. The SMILES string of the molecule is Nc1ccccc1NC(=O)c1ccc(Cc2nc3cc(F)ccc3[nH]2)cc1. The first-order valence-corrected chi connectivity index (χ1v) is 8.47. The topological polar surface area (TPSA) is 83.8 Å². The van der Waals surface area contributed by atoms with E-state index in [9.17, 15) is 9.18 Å². The van der Waals surface area contributed by atoms with Crippen LogP contribution >= 0.6 is 0 Å². The van der Waals surface area contributed by atoms with Crippen LogP contribution in [0.5, 0.6) is 0 Å². The standard InChI is InChI=1S/C21H17FN4O/c22-15-9-10-18-19(12-15)25-20(24-18)11-13-5-7-14(8-6-13)21(27)26-17-4-2-1-3-16(17)23/h1-10,12H,11,23H2,(H,24,25)(H,26,27). The molecule has 0 bridgehead atoms. The van der Waals surface area contributed by atoms with Crippen molar-refractivity contribution in [3.8, 4) is 0 Å². The van der Waals surface area contributed by atoms with Crippen molar-refractivity contribution in [2.45, 2.75) is 6.42 Å². The first-order valence-electron chi connectivity index (χ1n) is 8.47. The van der Waals surface area contributed by atoms with Gasteiger partial charge in [-0.05, 0) is 42.0 Å². The van der Waals surface area contributed by atoms with Crippen molar-refractivity contribution in [3.63, 3.8) is 0 Å². The van der Waals surface area contributed by atoms with Gasteiger partial charge in [0.05, 0.1) is 22.4 Å². The highest BCUT2D eigenvalue weighted by Gasteiger charge is 2.09. The van der Waals surface area contributed by atoms with Crippen LogP contribution in [0.25, 0.3) is 11.0 Å². The van der Waals surface area contributed by atoms with Gasteiger partial charge in [0.1, 0.15) is 11.6 Å². The molecule has 0 aliphatic rings. The van der Waals surface area contributed by atoms with Crippen LogP contribution in [-0.4, -0.2) is 15.9 Å². The minimum Gasteiger partial charge on any atom is -0.397 e. The van der Waals surface area contributed by atoms with Crippen LogP contribution in [0.4, 0.5) is 15.8 Å². The quantitative estimate of drug-likeness (QED) is 0.479. The number of imidazole rings is 1. The fourth-order valence-corrected chi connectivity index (χ4v) is 2.89. The minimum absolute atomic E-state index is 0.223. The molecule has 1 aromatic heterocycles. The summed E-state index contributed by atoms with van der Waals surface area (Å²) in [7, 11) is 0. The molecule has 0 atom stereocenters. The number of H-pyrrole nitrogens is 1. The average Bonchev–Trinajstić information content (AvgIpc) is 3.05. The van der Waals surface area contributed by atoms with Crippen LogP contribution < -0.4 is 11.1 Å². The highest BCUT2D eigenvalue weighted by molar-refractivity contribution is 6.05. The molecule has 1 heterocycles. The van der Waals surface area contributed by atoms with Crippen molar-refractivity contribution in [2.24, 2.45) is 0 Å². The lowest BCUT2D eigenvalue weighted by Gasteiger charge is -2.08. The summed E-state index contributed by atoms with van der Waals surface area (Å²) in [5.41, 5.74) is 9.87. The summed E-state index contributed by atoms with van der Waals surface area (Å²) in [6.45, 7) is 0. The van der Waals surface area contributed by atoms with E-state index in [1.165, 1.54) is 12.1 Å². The summed E-state index contributed by atoms with van der Waals surface area (Å²) in [5.74, 6) is 0.207. The number of hydrogen-bond donors (Lipinski definition) is 3. The van der Waals surface area contributed by atoms with Gasteiger partial charge in [-0.15, -0.1) is 0 Å². The van der Waals surface area contributed by atoms with Crippen LogP contribution in [0.15, 0.2) is 66.7 Å². The van der Waals surface area contributed by atoms with Gasteiger partial charge >= 0.3 is 0 Å². The van der Waals surface area contributed by atoms with Gasteiger partial charge in [-0.2, -0.15) is 0 Å². The number of para-hydroxylation sites is 2. The van der Waals surface area contributed by atoms with Gasteiger partial charge < -0.3 is 16.0 Å². The van der Waals surface area contributed by atoms with E-state index < -0.39 is 0 Å². The van der Waals surface area contributed by atoms with E-state index in [2.05, 4.69) is 15.3 Å². The molecular weight excluding hydrogens is 343 g/mol. The molecule has 0 spiro atoms. The van der Waals surface area contributed by atoms with Gasteiger partial charge in [-0.1, -0.05) is 24.3 Å². The number of halogens is 1. The molecule has 3 aromatic carbocycles. The largest absolute Gasteiger partial charge is 0.397 e. The molecular formula is C21H17FN4O. The van der Waals surface area contributed by atoms with Crippen molar-refractivity contribution >= 4 is 28.3 Å². The number of carbonyl (C=O) groups excluding carboxylic acids is 1. The minimum atomic E-state index is -0.310. The second-order valence-corrected chi connectivity index (χ2v) is 6.26. The molecule has 0 saturated carbocycles. The van der Waals surface area contributed by atoms with Crippen molar-refractivity contribution in [2.75, 3.05) is 11.1 Å². The number of benzene rings is 3. The lowest BCUT2D eigenvalue weighted by atomic mass is 10.1. The molecule has 6 heteroatoms. The third kappa shape index (κ3) is 3.64. The Kier molecular flexibility index (Phi) is 4.30. The smallest absolute Gasteiger partial charge is 0.255 e. The van der Waals surface area contributed by atoms with Gasteiger partial charge in [0.2, 0.25) is 0 Å². The molecule has 27 heavy (non-hydrogen) atoms. The number of aromatic nitrogens is 2. The van der Waals surface area contributed by atoms with E-state index in [0.29, 0.717) is 28.9 Å². The van der Waals surface area contributed by atoms with Crippen LogP contribution in [0, 0.1) is 5.82 Å². The van der Waals surface area contributed by atoms with E-state index >= 15 is 0 Å². The highest BCUT2D eigenvalue weighted by atomic mass is 19.1. The maximum Gasteiger partial charge on any atom is 0.255 e. The number of nitrogen functional groups attached to an aromatic ring is 1. The number of amides is 1. The number of rotatable bonds is 4. The molecule has 4 rings (SSSR count). The maximum atomic E-state index is 13.3. The Balaban J connectivity index is 1.48. The van der Waals surface area contributed by atoms with Crippen molar-refractivity contribution in [3.05, 3.63) is 89.5 Å². The normalized spacial score (nSPS) is 10.9. The van der Waals surface area contributed by atoms with E-state index in [4.69, 9.17) is 5.73 Å². The third-order valence-corrected chi connectivity index (χ3v) is 4.29. The Morgan fingerprint density at radius 1 is 1.07 bits per heavy atom. The van der Waals surface area contributed by atoms with E-state index in [1.807, 2.05) is 24.3 Å². The van der Waals surface area contributed by atoms with Gasteiger partial charge in [-0.3, -0.25) is 4.79 Å². The van der Waals surface area contributed by atoms with Gasteiger partial charge in [0.25, 0.3) is 5.91 Å². The van der Waals surface area contributed by atoms with Crippen LogP contribution in [0.3, 0.4) is 0 Å². The van der Waals surface area contributed by atoms with Crippen molar-refractivity contribution in [1.29, 1.82) is 0 Å². The number of anilines is 2. The Morgan fingerprint density at radius 3 is 2.63 bits per heavy atom. The first kappa shape index (κ1) is 16.8. The summed E-state index contributed by atoms with van der Waals surface area (Å²) in [4.78, 5) is 19.9. The molecule has 134 valence electrons. The fourth-order valence-electron chi connectivity index (χ4n) is 2.89. The first-order chi connectivity index (χ1) is 13.1. The number of hydrogen-bond acceptors (Lipinski definition) is 3. The molecule has 5 nitrogen and oxygen atoms in total. The monoisotopic (exact) mass is 360 g/mol. The van der Waals surface area contributed by atoms with Crippen molar-refractivity contribution in [1.82, 2.24) is 9.97 Å². The van der Waals surface area contributed by atoms with E-state index in [1.54, 1.807) is 30.3 Å². The highest BCUT2D eigenvalue weighted by Crippen LogP contribution is 2.19. The molecule has 0 aliphatic carbocycles. The lowest BCUT2D eigenvalue weighted by Crippen LogP contribution is -2.13. The number of aromatic amines is 1. The molecule has 0 saturated heterocycles. The molecule has 4 N–H and O–H groups in total. The van der Waals surface area contributed by atoms with Gasteiger partial charge in [0, 0.05) is 18.1 Å². The Hall–Kier alpha value is -3.67. The number of nitrogens with two attached hydrogens (primary N) is 1. The zero-order valence-corrected chi connectivity index (χ0v) is 14.4. The van der Waals surface area contributed by atoms with Crippen LogP contribution in [0.2, 0.25) is 0 Å². The van der Waals surface area contributed by atoms with E-state index in [-0.39, 0.29) is 11.7 Å². The molecule has 1 amide bonds. The third-order valence-electron chi connectivity index (χ3n) is 4.29. The fraction of sp³-hybridized carbons (Fsp3) is 0.0476. The predicted molar refractivity (Wildman–Crippen MR) is 104 cm³/mol. The predicted octanol–water partition coefficient (Wildman–Crippen LogP) is 4.13. The van der Waals surface area contributed by atoms with Gasteiger partial charge in [0.15, 0.2) is 0 Å². The summed E-state index contributed by atoms with van der Waals surface area (Å²) >= 11 is 0. The summed E-state index contributed by atoms with van der Waals surface area (Å²) in [5, 5.41) is 2.80. The Labute approximate surface area is 155 Å². The summed E-state index contributed by atoms with van der Waals surface area (Å²) < 4.78 is 13.3. The van der Waals surface area contributed by atoms with Crippen molar-refractivity contribution < 1.29 is 9.18 Å². The number of nitrogens with zero attached hydrogens (tertiary/aromatic N) is 1. The number of fused-ring (bicyclic) bond motifs is 1. The Morgan fingerprint density at radius 2 is 1.85 bits per heavy atom. The van der Waals surface area contributed by atoms with Crippen LogP contribution in [-0.2, 0) is 6.42 Å². The number of nitrogens with one attached hydrogen (secondary N) is 2. The molecule has 0 fully saturated rings. The second kappa shape index (κ2) is 6.92. The number of carbonyl (C=O) groups is 1. The van der Waals surface area contributed by atoms with Crippen LogP contribution in [0.1, 0.15) is 21.7 Å². The summed E-state index contributed by atoms with van der Waals surface area (Å²) in [6.07, 6.45) is 0.559. The zero-order valence-electron chi connectivity index (χ0n) is 14.4. The van der Waals surface area contributed by atoms with E-state index in [0.717, 1.165) is 16.9 Å². The maximum absolute atomic E-state index is 13.3. The zero-order chi connectivity index (χ0) is 18.8. The molecule has 4 aromatic rings. The molecule has 0 unspecified atom stereocenters.